The number of benzene rings is 4. The number of aromatic nitrogens is 4. The molecule has 0 saturated carbocycles. The zero-order valence-electron chi connectivity index (χ0n) is 23.9. The first-order chi connectivity index (χ1) is 20.4. The van der Waals surface area contributed by atoms with E-state index in [4.69, 9.17) is 24.5 Å². The highest BCUT2D eigenvalue weighted by Crippen LogP contribution is 2.32. The van der Waals surface area contributed by atoms with Crippen molar-refractivity contribution in [1.82, 2.24) is 19.1 Å². The number of nitrogens with zero attached hydrogens (tertiary/aromatic N) is 4. The summed E-state index contributed by atoms with van der Waals surface area (Å²) in [6.07, 6.45) is 1.71. The van der Waals surface area contributed by atoms with E-state index in [2.05, 4.69) is 46.4 Å². The maximum absolute atomic E-state index is 11.2. The minimum absolute atomic E-state index is 0.313. The van der Waals surface area contributed by atoms with Gasteiger partial charge in [-0.2, -0.15) is 0 Å². The molecule has 42 heavy (non-hydrogen) atoms. The van der Waals surface area contributed by atoms with Gasteiger partial charge in [0.1, 0.15) is 23.1 Å². The van der Waals surface area contributed by atoms with Crippen molar-refractivity contribution in [1.29, 1.82) is 0 Å². The van der Waals surface area contributed by atoms with E-state index in [0.717, 1.165) is 81.0 Å². The van der Waals surface area contributed by atoms with Crippen LogP contribution >= 0.6 is 0 Å². The monoisotopic (exact) mass is 560 g/mol. The molecule has 0 aliphatic rings. The summed E-state index contributed by atoms with van der Waals surface area (Å²) in [7, 11) is 3.70. The van der Waals surface area contributed by atoms with E-state index in [1.54, 1.807) is 19.2 Å². The van der Waals surface area contributed by atoms with Crippen molar-refractivity contribution < 1.29 is 19.4 Å². The molecule has 0 aliphatic carbocycles. The molecule has 212 valence electrons. The Kier molecular flexibility index (Phi) is 7.35. The van der Waals surface area contributed by atoms with Crippen molar-refractivity contribution in [3.05, 3.63) is 96.3 Å². The third-order valence-corrected chi connectivity index (χ3v) is 7.62. The average Bonchev–Trinajstić information content (AvgIpc) is 3.52. The summed E-state index contributed by atoms with van der Waals surface area (Å²) in [5, 5.41) is 9.12. The van der Waals surface area contributed by atoms with Gasteiger partial charge < -0.3 is 23.7 Å². The first-order valence-electron chi connectivity index (χ1n) is 14.0. The Balaban J connectivity index is 1.37. The molecule has 0 saturated heterocycles. The lowest BCUT2D eigenvalue weighted by molar-refractivity contribution is 0.144. The average molecular weight is 561 g/mol. The number of unbranched alkanes of at least 4 members (excludes halogenated alkanes) is 1. The van der Waals surface area contributed by atoms with Gasteiger partial charge in [0.05, 0.1) is 29.2 Å². The Morgan fingerprint density at radius 1 is 0.881 bits per heavy atom. The molecule has 0 aliphatic heterocycles. The molecular formula is C34H32N4O4. The van der Waals surface area contributed by atoms with E-state index >= 15 is 0 Å². The number of hydrogen-bond acceptors (Lipinski definition) is 5. The Hall–Kier alpha value is -5.11. The van der Waals surface area contributed by atoms with Crippen molar-refractivity contribution >= 4 is 28.2 Å². The summed E-state index contributed by atoms with van der Waals surface area (Å²) in [5.41, 5.74) is 7.71. The van der Waals surface area contributed by atoms with Crippen molar-refractivity contribution in [3.8, 4) is 34.0 Å². The van der Waals surface area contributed by atoms with Crippen LogP contribution in [0.4, 0.5) is 4.79 Å². The minimum Gasteiger partial charge on any atom is -0.497 e. The second-order valence-corrected chi connectivity index (χ2v) is 10.3. The largest absolute Gasteiger partial charge is 0.511 e. The van der Waals surface area contributed by atoms with Crippen molar-refractivity contribution in [2.45, 2.75) is 32.7 Å². The molecule has 6 aromatic rings. The number of hydrogen-bond donors (Lipinski definition) is 1. The SMILES string of the molecule is CCCCc1nc2ccc(-c3nc4cc(OC)ccc4n3C)cc2n1Cc1ccc(-c2ccccc2OC(=O)O)cc1. The van der Waals surface area contributed by atoms with E-state index in [1.165, 1.54) is 0 Å². The zero-order valence-corrected chi connectivity index (χ0v) is 23.9. The molecule has 0 fully saturated rings. The summed E-state index contributed by atoms with van der Waals surface area (Å²) in [6.45, 7) is 2.85. The summed E-state index contributed by atoms with van der Waals surface area (Å²) >= 11 is 0. The maximum atomic E-state index is 11.2. The number of rotatable bonds is 9. The smallest absolute Gasteiger partial charge is 0.497 e. The number of aryl methyl sites for hydroxylation is 2. The topological polar surface area (TPSA) is 91.4 Å². The molecule has 1 N–H and O–H groups in total. The Morgan fingerprint density at radius 3 is 2.43 bits per heavy atom. The van der Waals surface area contributed by atoms with Gasteiger partial charge in [-0.3, -0.25) is 0 Å². The highest BCUT2D eigenvalue weighted by atomic mass is 16.7. The fraction of sp³-hybridized carbons (Fsp3) is 0.206. The van der Waals surface area contributed by atoms with E-state index in [-0.39, 0.29) is 0 Å². The van der Waals surface area contributed by atoms with E-state index < -0.39 is 6.16 Å². The Morgan fingerprint density at radius 2 is 1.67 bits per heavy atom. The normalized spacial score (nSPS) is 11.3. The van der Waals surface area contributed by atoms with Crippen LogP contribution in [0.1, 0.15) is 31.2 Å². The Labute approximate surface area is 243 Å². The quantitative estimate of drug-likeness (QED) is 0.144. The van der Waals surface area contributed by atoms with Gasteiger partial charge in [-0.1, -0.05) is 55.8 Å². The summed E-state index contributed by atoms with van der Waals surface area (Å²) in [6, 6.07) is 27.6. The molecule has 8 heteroatoms. The lowest BCUT2D eigenvalue weighted by Gasteiger charge is -2.12. The number of ether oxygens (including phenoxy) is 2. The summed E-state index contributed by atoms with van der Waals surface area (Å²) in [4.78, 5) is 21.1. The molecule has 0 unspecified atom stereocenters. The third-order valence-electron chi connectivity index (χ3n) is 7.62. The molecule has 0 amide bonds. The molecule has 0 spiro atoms. The molecule has 6 rings (SSSR count). The predicted molar refractivity (Wildman–Crippen MR) is 164 cm³/mol. The molecular weight excluding hydrogens is 528 g/mol. The van der Waals surface area contributed by atoms with Gasteiger partial charge in [-0.05, 0) is 53.9 Å². The van der Waals surface area contributed by atoms with Crippen LogP contribution in [0.3, 0.4) is 0 Å². The van der Waals surface area contributed by atoms with Crippen LogP contribution in [-0.2, 0) is 20.0 Å². The third kappa shape index (κ3) is 5.19. The predicted octanol–water partition coefficient (Wildman–Crippen LogP) is 7.71. The standard InChI is InChI=1S/C34H32N4O4/c1-4-5-10-32-35-27-17-15-24(33-36-28-20-25(41-3)16-18-29(28)37(33)2)19-30(27)38(32)21-22-11-13-23(14-12-22)26-8-6-7-9-31(26)42-34(39)40/h6-9,11-20H,4-5,10,21H2,1-3H3,(H,39,40). The van der Waals surface area contributed by atoms with Gasteiger partial charge in [0.25, 0.3) is 0 Å². The molecule has 0 bridgehead atoms. The Bertz CT molecular complexity index is 1900. The lowest BCUT2D eigenvalue weighted by Crippen LogP contribution is -2.06. The molecule has 2 heterocycles. The number of carbonyl (C=O) groups is 1. The first kappa shape index (κ1) is 27.1. The van der Waals surface area contributed by atoms with Gasteiger partial charge in [-0.25, -0.2) is 14.8 Å². The van der Waals surface area contributed by atoms with Gasteiger partial charge >= 0.3 is 6.16 Å². The number of methoxy groups -OCH3 is 1. The van der Waals surface area contributed by atoms with Gasteiger partial charge in [-0.15, -0.1) is 0 Å². The fourth-order valence-corrected chi connectivity index (χ4v) is 5.44. The van der Waals surface area contributed by atoms with Crippen molar-refractivity contribution in [3.63, 3.8) is 0 Å². The second kappa shape index (κ2) is 11.4. The van der Waals surface area contributed by atoms with E-state index in [1.807, 2.05) is 49.5 Å². The van der Waals surface area contributed by atoms with Gasteiger partial charge in [0.2, 0.25) is 0 Å². The number of carboxylic acid groups (broad SMARTS) is 1. The van der Waals surface area contributed by atoms with Crippen molar-refractivity contribution in [2.24, 2.45) is 7.05 Å². The van der Waals surface area contributed by atoms with Gasteiger partial charge in [0, 0.05) is 37.2 Å². The minimum atomic E-state index is -1.33. The van der Waals surface area contributed by atoms with E-state index in [0.29, 0.717) is 12.3 Å². The molecule has 4 aromatic carbocycles. The highest BCUT2D eigenvalue weighted by Gasteiger charge is 2.16. The molecule has 0 atom stereocenters. The summed E-state index contributed by atoms with van der Waals surface area (Å²) < 4.78 is 14.8. The first-order valence-corrected chi connectivity index (χ1v) is 14.0. The van der Waals surface area contributed by atoms with Crippen LogP contribution in [-0.4, -0.2) is 37.5 Å². The fourth-order valence-electron chi connectivity index (χ4n) is 5.44. The maximum Gasteiger partial charge on any atom is 0.511 e. The van der Waals surface area contributed by atoms with Crippen LogP contribution < -0.4 is 9.47 Å². The van der Waals surface area contributed by atoms with E-state index in [9.17, 15) is 4.79 Å². The molecule has 0 radical (unpaired) electrons. The highest BCUT2D eigenvalue weighted by molar-refractivity contribution is 5.86. The summed E-state index contributed by atoms with van der Waals surface area (Å²) in [5.74, 6) is 3.04. The van der Waals surface area contributed by atoms with Crippen LogP contribution in [0.25, 0.3) is 44.6 Å². The van der Waals surface area contributed by atoms with Crippen LogP contribution in [0.5, 0.6) is 11.5 Å². The molecule has 2 aromatic heterocycles. The number of fused-ring (bicyclic) bond motifs is 2. The second-order valence-electron chi connectivity index (χ2n) is 10.3. The van der Waals surface area contributed by atoms with Crippen LogP contribution in [0.2, 0.25) is 0 Å². The zero-order chi connectivity index (χ0) is 29.2. The lowest BCUT2D eigenvalue weighted by atomic mass is 10.0. The van der Waals surface area contributed by atoms with Crippen LogP contribution in [0.15, 0.2) is 84.9 Å². The van der Waals surface area contributed by atoms with Gasteiger partial charge in [0.15, 0.2) is 0 Å². The number of imidazole rings is 2. The number of para-hydroxylation sites is 1. The van der Waals surface area contributed by atoms with Crippen molar-refractivity contribution in [2.75, 3.05) is 7.11 Å². The molecule has 8 nitrogen and oxygen atoms in total. The van der Waals surface area contributed by atoms with Crippen LogP contribution in [0, 0.1) is 0 Å².